The van der Waals surface area contributed by atoms with Crippen LogP contribution < -0.4 is 5.32 Å². The van der Waals surface area contributed by atoms with Crippen molar-refractivity contribution in [1.82, 2.24) is 10.2 Å². The van der Waals surface area contributed by atoms with E-state index in [4.69, 9.17) is 0 Å². The summed E-state index contributed by atoms with van der Waals surface area (Å²) in [6.07, 6.45) is 3.31. The van der Waals surface area contributed by atoms with Gasteiger partial charge in [0.1, 0.15) is 9.84 Å². The van der Waals surface area contributed by atoms with E-state index in [2.05, 4.69) is 5.32 Å². The van der Waals surface area contributed by atoms with Gasteiger partial charge in [0.05, 0.1) is 5.75 Å². The van der Waals surface area contributed by atoms with Crippen LogP contribution in [0.25, 0.3) is 0 Å². The number of sulfone groups is 1. The van der Waals surface area contributed by atoms with Crippen molar-refractivity contribution in [3.63, 3.8) is 0 Å². The van der Waals surface area contributed by atoms with Gasteiger partial charge in [0, 0.05) is 32.8 Å². The molecule has 1 N–H and O–H groups in total. The Morgan fingerprint density at radius 3 is 2.33 bits per heavy atom. The molecule has 0 atom stereocenters. The average molecular weight is 299 g/mol. The normalized spacial score (nSPS) is 16.8. The fraction of sp³-hybridized carbons (Fsp3) is 0.909. The number of carbonyl (C=O) groups excluding carboxylic acids is 1. The van der Waals surface area contributed by atoms with E-state index in [1.807, 2.05) is 7.05 Å². The van der Waals surface area contributed by atoms with Crippen molar-refractivity contribution in [3.8, 4) is 0 Å². The van der Waals surface area contributed by atoms with E-state index in [1.165, 1.54) is 6.26 Å². The Balaban J connectivity index is 0.00000289. The molecule has 0 aliphatic heterocycles. The lowest BCUT2D eigenvalue weighted by Crippen LogP contribution is -2.35. The lowest BCUT2D eigenvalue weighted by molar-refractivity contribution is -0.130. The highest BCUT2D eigenvalue weighted by Gasteiger charge is 2.46. The van der Waals surface area contributed by atoms with Crippen LogP contribution >= 0.6 is 12.4 Å². The van der Waals surface area contributed by atoms with Crippen molar-refractivity contribution in [2.75, 3.05) is 39.2 Å². The summed E-state index contributed by atoms with van der Waals surface area (Å²) in [7, 11) is 0.607. The summed E-state index contributed by atoms with van der Waals surface area (Å²) in [5, 5.41) is 2.98. The number of nitrogens with one attached hydrogen (secondary N) is 1. The van der Waals surface area contributed by atoms with Crippen LogP contribution in [0.2, 0.25) is 0 Å². The highest BCUT2D eigenvalue weighted by Crippen LogP contribution is 2.49. The van der Waals surface area contributed by atoms with Crippen molar-refractivity contribution in [2.45, 2.75) is 19.3 Å². The first-order valence-electron chi connectivity index (χ1n) is 5.84. The Labute approximate surface area is 116 Å². The van der Waals surface area contributed by atoms with Crippen molar-refractivity contribution >= 4 is 28.2 Å². The molecule has 1 amide bonds. The number of hydrogen-bond acceptors (Lipinski definition) is 4. The SMILES string of the molecule is CNCCN(C)C(=O)CC1(CS(C)(=O)=O)CC1.Cl. The zero-order valence-corrected chi connectivity index (χ0v) is 12.9. The van der Waals surface area contributed by atoms with Gasteiger partial charge in [-0.25, -0.2) is 8.42 Å². The topological polar surface area (TPSA) is 66.5 Å². The Kier molecular flexibility index (Phi) is 6.60. The molecule has 0 radical (unpaired) electrons. The predicted molar refractivity (Wildman–Crippen MR) is 74.8 cm³/mol. The molecule has 0 bridgehead atoms. The second kappa shape index (κ2) is 6.73. The molecule has 0 aromatic carbocycles. The molecular formula is C11H23ClN2O3S. The smallest absolute Gasteiger partial charge is 0.222 e. The molecule has 1 saturated carbocycles. The quantitative estimate of drug-likeness (QED) is 0.734. The van der Waals surface area contributed by atoms with Crippen LogP contribution in [0, 0.1) is 5.41 Å². The summed E-state index contributed by atoms with van der Waals surface area (Å²) >= 11 is 0. The van der Waals surface area contributed by atoms with E-state index in [0.717, 1.165) is 19.4 Å². The third-order valence-corrected chi connectivity index (χ3v) is 4.31. The van der Waals surface area contributed by atoms with E-state index in [1.54, 1.807) is 11.9 Å². The van der Waals surface area contributed by atoms with Crippen molar-refractivity contribution in [2.24, 2.45) is 5.41 Å². The van der Waals surface area contributed by atoms with Gasteiger partial charge in [0.2, 0.25) is 5.91 Å². The maximum Gasteiger partial charge on any atom is 0.222 e. The number of likely N-dealkylation sites (N-methyl/N-ethyl adjacent to an activating group) is 2. The summed E-state index contributed by atoms with van der Waals surface area (Å²) in [5.41, 5.74) is -0.265. The summed E-state index contributed by atoms with van der Waals surface area (Å²) in [5.74, 6) is 0.187. The van der Waals surface area contributed by atoms with E-state index >= 15 is 0 Å². The molecule has 1 aliphatic carbocycles. The fourth-order valence-electron chi connectivity index (χ4n) is 1.97. The minimum Gasteiger partial charge on any atom is -0.344 e. The van der Waals surface area contributed by atoms with Gasteiger partial charge in [0.25, 0.3) is 0 Å². The van der Waals surface area contributed by atoms with Crippen molar-refractivity contribution in [3.05, 3.63) is 0 Å². The fourth-order valence-corrected chi connectivity index (χ4v) is 3.47. The zero-order chi connectivity index (χ0) is 13.1. The Morgan fingerprint density at radius 2 is 1.94 bits per heavy atom. The van der Waals surface area contributed by atoms with E-state index in [9.17, 15) is 13.2 Å². The molecule has 18 heavy (non-hydrogen) atoms. The van der Waals surface area contributed by atoms with Gasteiger partial charge in [-0.2, -0.15) is 0 Å². The number of rotatable bonds is 7. The van der Waals surface area contributed by atoms with Crippen molar-refractivity contribution < 1.29 is 13.2 Å². The molecule has 0 saturated heterocycles. The molecule has 0 spiro atoms. The average Bonchev–Trinajstić information content (AvgIpc) is 2.90. The molecule has 7 heteroatoms. The Hall–Kier alpha value is -0.330. The summed E-state index contributed by atoms with van der Waals surface area (Å²) in [4.78, 5) is 13.6. The maximum absolute atomic E-state index is 11.9. The van der Waals surface area contributed by atoms with Crippen LogP contribution in [0.1, 0.15) is 19.3 Å². The standard InChI is InChI=1S/C11H22N2O3S.ClH/c1-12-6-7-13(2)10(14)8-11(4-5-11)9-17(3,15)16;/h12H,4-9H2,1-3H3;1H. The number of amides is 1. The van der Waals surface area contributed by atoms with Gasteiger partial charge in [-0.1, -0.05) is 0 Å². The number of hydrogen-bond donors (Lipinski definition) is 1. The van der Waals surface area contributed by atoms with Crippen LogP contribution in [-0.2, 0) is 14.6 Å². The molecule has 0 unspecified atom stereocenters. The van der Waals surface area contributed by atoms with E-state index < -0.39 is 9.84 Å². The second-order valence-corrected chi connectivity index (χ2v) is 7.31. The third-order valence-electron chi connectivity index (χ3n) is 3.17. The van der Waals surface area contributed by atoms with Gasteiger partial charge < -0.3 is 10.2 Å². The van der Waals surface area contributed by atoms with Gasteiger partial charge in [0.15, 0.2) is 0 Å². The summed E-state index contributed by atoms with van der Waals surface area (Å²) in [6.45, 7) is 1.41. The van der Waals surface area contributed by atoms with Gasteiger partial charge in [-0.15, -0.1) is 12.4 Å². The van der Waals surface area contributed by atoms with E-state index in [-0.39, 0.29) is 29.5 Å². The molecule has 1 rings (SSSR count). The van der Waals surface area contributed by atoms with Crippen LogP contribution in [0.4, 0.5) is 0 Å². The lowest BCUT2D eigenvalue weighted by Gasteiger charge is -2.20. The largest absolute Gasteiger partial charge is 0.344 e. The molecular weight excluding hydrogens is 276 g/mol. The van der Waals surface area contributed by atoms with Crippen LogP contribution in [0.3, 0.4) is 0 Å². The minimum atomic E-state index is -2.99. The second-order valence-electron chi connectivity index (χ2n) is 5.17. The van der Waals surface area contributed by atoms with Crippen LogP contribution in [0.5, 0.6) is 0 Å². The predicted octanol–water partition coefficient (Wildman–Crippen LogP) is 0.301. The zero-order valence-electron chi connectivity index (χ0n) is 11.2. The molecule has 108 valence electrons. The van der Waals surface area contributed by atoms with Gasteiger partial charge in [-0.05, 0) is 25.3 Å². The molecule has 0 heterocycles. The lowest BCUT2D eigenvalue weighted by atomic mass is 10.0. The third kappa shape index (κ3) is 6.02. The monoisotopic (exact) mass is 298 g/mol. The van der Waals surface area contributed by atoms with Crippen LogP contribution in [0.15, 0.2) is 0 Å². The van der Waals surface area contributed by atoms with Gasteiger partial charge in [-0.3, -0.25) is 4.79 Å². The summed E-state index contributed by atoms with van der Waals surface area (Å²) in [6, 6.07) is 0. The molecule has 5 nitrogen and oxygen atoms in total. The molecule has 0 aromatic heterocycles. The molecule has 1 fully saturated rings. The maximum atomic E-state index is 11.9. The first-order chi connectivity index (χ1) is 7.78. The highest BCUT2D eigenvalue weighted by atomic mass is 35.5. The first-order valence-corrected chi connectivity index (χ1v) is 7.90. The number of halogens is 1. The highest BCUT2D eigenvalue weighted by molar-refractivity contribution is 7.90. The number of carbonyl (C=O) groups is 1. The number of nitrogens with zero attached hydrogens (tertiary/aromatic N) is 1. The van der Waals surface area contributed by atoms with Gasteiger partial charge >= 0.3 is 0 Å². The molecule has 0 aromatic rings. The minimum absolute atomic E-state index is 0. The molecule has 1 aliphatic rings. The Bertz CT molecular complexity index is 380. The van der Waals surface area contributed by atoms with E-state index in [0.29, 0.717) is 13.0 Å². The first kappa shape index (κ1) is 17.7. The van der Waals surface area contributed by atoms with Crippen LogP contribution in [-0.4, -0.2) is 58.4 Å². The Morgan fingerprint density at radius 1 is 1.39 bits per heavy atom. The summed E-state index contributed by atoms with van der Waals surface area (Å²) < 4.78 is 22.6. The van der Waals surface area contributed by atoms with Crippen molar-refractivity contribution in [1.29, 1.82) is 0 Å².